The molecule has 0 spiro atoms. The molecule has 2 heterocycles. The smallest absolute Gasteiger partial charge is 0.272 e. The lowest BCUT2D eigenvalue weighted by Crippen LogP contribution is -2.53. The summed E-state index contributed by atoms with van der Waals surface area (Å²) in [6.45, 7) is 9.73. The van der Waals surface area contributed by atoms with E-state index in [1.54, 1.807) is 13.1 Å². The van der Waals surface area contributed by atoms with Crippen molar-refractivity contribution in [3.63, 3.8) is 0 Å². The molecule has 0 bridgehead atoms. The lowest BCUT2D eigenvalue weighted by Gasteiger charge is -2.29. The van der Waals surface area contributed by atoms with E-state index in [-0.39, 0.29) is 17.6 Å². The van der Waals surface area contributed by atoms with Crippen LogP contribution in [0.2, 0.25) is 0 Å². The van der Waals surface area contributed by atoms with Gasteiger partial charge in [-0.3, -0.25) is 9.59 Å². The van der Waals surface area contributed by atoms with E-state index < -0.39 is 11.5 Å². The Balaban J connectivity index is 2.08. The molecule has 7 nitrogen and oxygen atoms in total. The summed E-state index contributed by atoms with van der Waals surface area (Å²) in [5.74, 6) is -0.285. The molecule has 0 radical (unpaired) electrons. The topological polar surface area (TPSA) is 79.3 Å². The van der Waals surface area contributed by atoms with E-state index in [0.29, 0.717) is 24.6 Å². The Labute approximate surface area is 183 Å². The fourth-order valence-electron chi connectivity index (χ4n) is 4.01. The molecule has 0 aliphatic carbocycles. The Morgan fingerprint density at radius 3 is 2.55 bits per heavy atom. The summed E-state index contributed by atoms with van der Waals surface area (Å²) in [4.78, 5) is 32.7. The summed E-state index contributed by atoms with van der Waals surface area (Å²) >= 11 is 0. The maximum absolute atomic E-state index is 13.7. The third kappa shape index (κ3) is 4.79. The Kier molecular flexibility index (Phi) is 6.50. The first-order chi connectivity index (χ1) is 14.5. The molecule has 2 aromatic rings. The zero-order valence-electron chi connectivity index (χ0n) is 19.2. The first-order valence-electron chi connectivity index (χ1n) is 10.6. The summed E-state index contributed by atoms with van der Waals surface area (Å²) in [6.07, 6.45) is 0.914. The van der Waals surface area contributed by atoms with Gasteiger partial charge in [-0.15, -0.1) is 0 Å². The summed E-state index contributed by atoms with van der Waals surface area (Å²) in [5, 5.41) is 5.52. The van der Waals surface area contributed by atoms with Gasteiger partial charge in [0.15, 0.2) is 5.69 Å². The molecule has 0 fully saturated rings. The van der Waals surface area contributed by atoms with E-state index in [1.807, 2.05) is 34.7 Å². The highest BCUT2D eigenvalue weighted by molar-refractivity contribution is 5.98. The highest BCUT2D eigenvalue weighted by Crippen LogP contribution is 2.29. The quantitative estimate of drug-likeness (QED) is 0.783. The molecule has 3 rings (SSSR count). The Bertz CT molecular complexity index is 993. The number of carbonyl (C=O) groups excluding carboxylic acids is 2. The van der Waals surface area contributed by atoms with Crippen molar-refractivity contribution in [2.45, 2.75) is 53.2 Å². The lowest BCUT2D eigenvalue weighted by atomic mass is 9.86. The molecule has 1 aliphatic rings. The van der Waals surface area contributed by atoms with Gasteiger partial charge in [-0.05, 0) is 56.1 Å². The van der Waals surface area contributed by atoms with Gasteiger partial charge < -0.3 is 20.1 Å². The molecule has 1 aliphatic heterocycles. The van der Waals surface area contributed by atoms with Gasteiger partial charge in [0, 0.05) is 25.7 Å². The average Bonchev–Trinajstić information content (AvgIpc) is 2.90. The van der Waals surface area contributed by atoms with Crippen LogP contribution < -0.4 is 10.6 Å². The molecule has 1 aromatic carbocycles. The number of fused-ring (bicyclic) bond motifs is 1. The number of benzene rings is 1. The number of amides is 2. The number of rotatable bonds is 4. The number of aryl methyl sites for hydroxylation is 1. The summed E-state index contributed by atoms with van der Waals surface area (Å²) in [7, 11) is 3.57. The Hall–Kier alpha value is -2.74. The molecule has 0 saturated heterocycles. The summed E-state index contributed by atoms with van der Waals surface area (Å²) < 4.78 is 15.7. The summed E-state index contributed by atoms with van der Waals surface area (Å²) in [5.41, 5.74) is 2.20. The van der Waals surface area contributed by atoms with Gasteiger partial charge in [-0.25, -0.2) is 9.37 Å². The van der Waals surface area contributed by atoms with Crippen LogP contribution in [0, 0.1) is 18.2 Å². The second kappa shape index (κ2) is 8.78. The van der Waals surface area contributed by atoms with Crippen molar-refractivity contribution in [3.8, 4) is 11.4 Å². The van der Waals surface area contributed by atoms with Crippen molar-refractivity contribution < 1.29 is 14.0 Å². The molecule has 2 amide bonds. The first-order valence-corrected chi connectivity index (χ1v) is 10.6. The van der Waals surface area contributed by atoms with Crippen molar-refractivity contribution in [1.29, 1.82) is 0 Å². The monoisotopic (exact) mass is 429 g/mol. The maximum Gasteiger partial charge on any atom is 0.272 e. The number of hydrogen-bond acceptors (Lipinski definition) is 4. The number of hydrogen-bond donors (Lipinski definition) is 2. The average molecular weight is 430 g/mol. The van der Waals surface area contributed by atoms with Gasteiger partial charge in [-0.1, -0.05) is 20.8 Å². The molecule has 31 heavy (non-hydrogen) atoms. The van der Waals surface area contributed by atoms with Crippen molar-refractivity contribution >= 4 is 11.8 Å². The largest absolute Gasteiger partial charge is 0.357 e. The van der Waals surface area contributed by atoms with Crippen LogP contribution in [0.15, 0.2) is 18.2 Å². The minimum atomic E-state index is -0.707. The van der Waals surface area contributed by atoms with Crippen molar-refractivity contribution in [2.75, 3.05) is 20.6 Å². The normalized spacial score (nSPS) is 15.7. The van der Waals surface area contributed by atoms with Crippen LogP contribution in [0.3, 0.4) is 0 Å². The van der Waals surface area contributed by atoms with Crippen LogP contribution in [0.5, 0.6) is 0 Å². The fraction of sp³-hybridized carbons (Fsp3) is 0.522. The Morgan fingerprint density at radius 1 is 1.23 bits per heavy atom. The van der Waals surface area contributed by atoms with Gasteiger partial charge in [-0.2, -0.15) is 0 Å². The number of nitrogens with one attached hydrogen (secondary N) is 2. The Morgan fingerprint density at radius 2 is 1.94 bits per heavy atom. The van der Waals surface area contributed by atoms with Crippen molar-refractivity contribution in [2.24, 2.45) is 5.41 Å². The lowest BCUT2D eigenvalue weighted by molar-refractivity contribution is -0.124. The fourth-order valence-corrected chi connectivity index (χ4v) is 4.01. The van der Waals surface area contributed by atoms with Gasteiger partial charge in [0.2, 0.25) is 5.91 Å². The van der Waals surface area contributed by atoms with Gasteiger partial charge in [0.25, 0.3) is 5.91 Å². The van der Waals surface area contributed by atoms with Crippen LogP contribution in [0.25, 0.3) is 11.4 Å². The van der Waals surface area contributed by atoms with Gasteiger partial charge >= 0.3 is 0 Å². The van der Waals surface area contributed by atoms with Crippen LogP contribution in [-0.4, -0.2) is 52.9 Å². The maximum atomic E-state index is 13.7. The van der Waals surface area contributed by atoms with E-state index in [4.69, 9.17) is 4.98 Å². The number of carbonyl (C=O) groups is 2. The highest BCUT2D eigenvalue weighted by Gasteiger charge is 2.34. The van der Waals surface area contributed by atoms with Crippen LogP contribution in [0.4, 0.5) is 4.39 Å². The second-order valence-corrected chi connectivity index (χ2v) is 9.32. The molecule has 8 heteroatoms. The third-order valence-electron chi connectivity index (χ3n) is 5.71. The van der Waals surface area contributed by atoms with E-state index in [9.17, 15) is 14.0 Å². The minimum Gasteiger partial charge on any atom is -0.357 e. The second-order valence-electron chi connectivity index (χ2n) is 9.32. The number of likely N-dealkylation sites (N-methyl/N-ethyl adjacent to an activating group) is 1. The van der Waals surface area contributed by atoms with Crippen LogP contribution in [0.1, 0.15) is 48.9 Å². The van der Waals surface area contributed by atoms with Gasteiger partial charge in [0.1, 0.15) is 17.7 Å². The summed E-state index contributed by atoms with van der Waals surface area (Å²) in [6, 6.07) is 3.88. The standard InChI is InChI=1S/C23H32FN5O2/c1-14-12-15(24)8-9-16(14)20-26-18(17-13-28(6)10-7-11-29(17)20)21(30)27-19(22(31)25-5)23(2,3)4/h8-9,12,19H,7,10-11,13H2,1-6H3,(H,25,31)(H,27,30). The predicted molar refractivity (Wildman–Crippen MR) is 118 cm³/mol. The molecule has 1 unspecified atom stereocenters. The van der Waals surface area contributed by atoms with E-state index in [1.165, 1.54) is 12.1 Å². The molecule has 0 saturated carbocycles. The van der Waals surface area contributed by atoms with Crippen molar-refractivity contribution in [3.05, 3.63) is 41.0 Å². The van der Waals surface area contributed by atoms with Gasteiger partial charge in [0.05, 0.1) is 5.69 Å². The van der Waals surface area contributed by atoms with Crippen molar-refractivity contribution in [1.82, 2.24) is 25.1 Å². The first kappa shape index (κ1) is 22.9. The molecular formula is C23H32FN5O2. The van der Waals surface area contributed by atoms with Crippen LogP contribution >= 0.6 is 0 Å². The molecule has 168 valence electrons. The van der Waals surface area contributed by atoms with Crippen LogP contribution in [-0.2, 0) is 17.9 Å². The minimum absolute atomic E-state index is 0.252. The molecule has 1 aromatic heterocycles. The predicted octanol–water partition coefficient (Wildman–Crippen LogP) is 2.72. The van der Waals surface area contributed by atoms with E-state index in [0.717, 1.165) is 29.8 Å². The molecule has 1 atom stereocenters. The third-order valence-corrected chi connectivity index (χ3v) is 5.71. The zero-order chi connectivity index (χ0) is 22.9. The SMILES string of the molecule is CNC(=O)C(NC(=O)c1nc(-c2ccc(F)cc2C)n2c1CN(C)CCC2)C(C)(C)C. The van der Waals surface area contributed by atoms with E-state index >= 15 is 0 Å². The number of halogens is 1. The zero-order valence-corrected chi connectivity index (χ0v) is 19.2. The molecule has 2 N–H and O–H groups in total. The highest BCUT2D eigenvalue weighted by atomic mass is 19.1. The van der Waals surface area contributed by atoms with E-state index in [2.05, 4.69) is 20.1 Å². The number of nitrogens with zero attached hydrogens (tertiary/aromatic N) is 3. The molecular weight excluding hydrogens is 397 g/mol. The number of aromatic nitrogens is 2. The number of imidazole rings is 1.